The van der Waals surface area contributed by atoms with E-state index in [0.717, 1.165) is 5.56 Å². The highest BCUT2D eigenvalue weighted by Crippen LogP contribution is 2.09. The Hall–Kier alpha value is -1.49. The van der Waals surface area contributed by atoms with Crippen LogP contribution in [0.3, 0.4) is 0 Å². The first kappa shape index (κ1) is 14.6. The van der Waals surface area contributed by atoms with E-state index in [-0.39, 0.29) is 17.9 Å². The van der Waals surface area contributed by atoms with E-state index in [1.165, 1.54) is 19.2 Å². The molecule has 1 aromatic carbocycles. The van der Waals surface area contributed by atoms with Gasteiger partial charge in [-0.2, -0.15) is 5.26 Å². The Balaban J connectivity index is 2.48. The van der Waals surface area contributed by atoms with Crippen LogP contribution in [-0.4, -0.2) is 27.8 Å². The molecule has 0 spiro atoms. The van der Waals surface area contributed by atoms with Crippen LogP contribution in [0, 0.1) is 17.1 Å². The quantitative estimate of drug-likeness (QED) is 0.731. The van der Waals surface area contributed by atoms with Crippen molar-refractivity contribution < 1.29 is 12.8 Å². The predicted octanol–water partition coefficient (Wildman–Crippen LogP) is 0.336. The minimum Gasteiger partial charge on any atom is -0.312 e. The van der Waals surface area contributed by atoms with Crippen LogP contribution in [0.5, 0.6) is 0 Å². The third-order valence-electron chi connectivity index (χ3n) is 2.34. The average Bonchev–Trinajstić information content (AvgIpc) is 2.36. The number of nitriles is 1. The first-order valence-corrected chi connectivity index (χ1v) is 6.94. The molecule has 0 saturated carbocycles. The summed E-state index contributed by atoms with van der Waals surface area (Å²) in [5.41, 5.74) is 0.715. The molecule has 0 fully saturated rings. The van der Waals surface area contributed by atoms with Crippen LogP contribution >= 0.6 is 0 Å². The average molecular weight is 271 g/mol. The van der Waals surface area contributed by atoms with Crippen LogP contribution in [-0.2, 0) is 16.6 Å². The third-order valence-corrected chi connectivity index (χ3v) is 3.70. The van der Waals surface area contributed by atoms with Gasteiger partial charge in [0.25, 0.3) is 0 Å². The van der Waals surface area contributed by atoms with Gasteiger partial charge in [0, 0.05) is 13.1 Å². The van der Waals surface area contributed by atoms with Gasteiger partial charge in [0.15, 0.2) is 0 Å². The Morgan fingerprint density at radius 2 is 2.17 bits per heavy atom. The molecule has 0 saturated heterocycles. The highest BCUT2D eigenvalue weighted by molar-refractivity contribution is 7.89. The van der Waals surface area contributed by atoms with Crippen molar-refractivity contribution >= 4 is 10.0 Å². The second kappa shape index (κ2) is 6.44. The molecule has 0 aromatic heterocycles. The molecule has 0 aliphatic carbocycles. The molecule has 0 heterocycles. The fourth-order valence-electron chi connectivity index (χ4n) is 1.31. The molecule has 5 nitrogen and oxygen atoms in total. The van der Waals surface area contributed by atoms with Gasteiger partial charge in [-0.25, -0.2) is 17.5 Å². The summed E-state index contributed by atoms with van der Waals surface area (Å²) in [6, 6.07) is 5.96. The maximum Gasteiger partial charge on any atom is 0.212 e. The number of hydrogen-bond donors (Lipinski definition) is 2. The minimum atomic E-state index is -3.22. The Labute approximate surface area is 106 Å². The number of hydrogen-bond acceptors (Lipinski definition) is 4. The van der Waals surface area contributed by atoms with Crippen LogP contribution in [0.25, 0.3) is 0 Å². The summed E-state index contributed by atoms with van der Waals surface area (Å²) in [5.74, 6) is -0.588. The number of halogens is 1. The normalized spacial score (nSPS) is 11.2. The van der Waals surface area contributed by atoms with Crippen molar-refractivity contribution in [3.05, 3.63) is 35.1 Å². The summed E-state index contributed by atoms with van der Waals surface area (Å²) >= 11 is 0. The van der Waals surface area contributed by atoms with E-state index in [1.807, 2.05) is 0 Å². The van der Waals surface area contributed by atoms with Gasteiger partial charge in [-0.05, 0) is 24.7 Å². The van der Waals surface area contributed by atoms with Gasteiger partial charge in [-0.1, -0.05) is 6.07 Å². The largest absolute Gasteiger partial charge is 0.312 e. The molecule has 1 rings (SSSR count). The number of sulfonamides is 1. The fourth-order valence-corrected chi connectivity index (χ4v) is 1.93. The van der Waals surface area contributed by atoms with E-state index in [1.54, 1.807) is 12.1 Å². The van der Waals surface area contributed by atoms with Crippen LogP contribution < -0.4 is 10.0 Å². The van der Waals surface area contributed by atoms with Crippen LogP contribution in [0.4, 0.5) is 4.39 Å². The number of rotatable bonds is 6. The SMILES string of the molecule is CNS(=O)(=O)CCNCc1ccc(F)c(C#N)c1. The molecule has 98 valence electrons. The molecule has 0 radical (unpaired) electrons. The molecule has 0 aliphatic rings. The van der Waals surface area contributed by atoms with Gasteiger partial charge in [0.1, 0.15) is 11.9 Å². The number of benzene rings is 1. The highest BCUT2D eigenvalue weighted by Gasteiger charge is 2.06. The molecule has 0 aliphatic heterocycles. The van der Waals surface area contributed by atoms with Crippen molar-refractivity contribution in [2.24, 2.45) is 0 Å². The molecule has 0 unspecified atom stereocenters. The molecule has 0 atom stereocenters. The minimum absolute atomic E-state index is 0.0165. The van der Waals surface area contributed by atoms with Crippen molar-refractivity contribution in [1.82, 2.24) is 10.0 Å². The van der Waals surface area contributed by atoms with Crippen molar-refractivity contribution in [1.29, 1.82) is 5.26 Å². The second-order valence-corrected chi connectivity index (χ2v) is 5.67. The summed E-state index contributed by atoms with van der Waals surface area (Å²) in [7, 11) is -1.86. The molecule has 2 N–H and O–H groups in total. The van der Waals surface area contributed by atoms with E-state index >= 15 is 0 Å². The van der Waals surface area contributed by atoms with E-state index in [4.69, 9.17) is 5.26 Å². The molecule has 7 heteroatoms. The lowest BCUT2D eigenvalue weighted by molar-refractivity contribution is 0.583. The van der Waals surface area contributed by atoms with Crippen molar-refractivity contribution in [3.8, 4) is 6.07 Å². The lowest BCUT2D eigenvalue weighted by atomic mass is 10.1. The standard InChI is InChI=1S/C11H14FN3O2S/c1-14-18(16,17)5-4-15-8-9-2-3-11(12)10(6-9)7-13/h2-3,6,14-15H,4-5,8H2,1H3. The lowest BCUT2D eigenvalue weighted by Crippen LogP contribution is -2.29. The lowest BCUT2D eigenvalue weighted by Gasteiger charge is -2.06. The molecule has 18 heavy (non-hydrogen) atoms. The van der Waals surface area contributed by atoms with E-state index in [0.29, 0.717) is 6.54 Å². The third kappa shape index (κ3) is 4.41. The fraction of sp³-hybridized carbons (Fsp3) is 0.364. The van der Waals surface area contributed by atoms with Gasteiger partial charge in [-0.15, -0.1) is 0 Å². The molecule has 1 aromatic rings. The van der Waals surface area contributed by atoms with E-state index in [2.05, 4.69) is 10.0 Å². The summed E-state index contributed by atoms with van der Waals surface area (Å²) in [5, 5.41) is 11.6. The summed E-state index contributed by atoms with van der Waals surface area (Å²) in [4.78, 5) is 0. The number of nitrogens with zero attached hydrogens (tertiary/aromatic N) is 1. The zero-order chi connectivity index (χ0) is 13.6. The smallest absolute Gasteiger partial charge is 0.212 e. The molecular formula is C11H14FN3O2S. The topological polar surface area (TPSA) is 82.0 Å². The summed E-state index contributed by atoms with van der Waals surface area (Å²) < 4.78 is 37.5. The Bertz CT molecular complexity index is 552. The zero-order valence-corrected chi connectivity index (χ0v) is 10.7. The predicted molar refractivity (Wildman–Crippen MR) is 65.7 cm³/mol. The van der Waals surface area contributed by atoms with Crippen molar-refractivity contribution in [2.75, 3.05) is 19.3 Å². The van der Waals surface area contributed by atoms with Crippen LogP contribution in [0.1, 0.15) is 11.1 Å². The maximum atomic E-state index is 13.0. The second-order valence-electron chi connectivity index (χ2n) is 3.63. The monoisotopic (exact) mass is 271 g/mol. The summed E-state index contributed by atoms with van der Waals surface area (Å²) in [6.45, 7) is 0.663. The summed E-state index contributed by atoms with van der Waals surface area (Å²) in [6.07, 6.45) is 0. The van der Waals surface area contributed by atoms with Gasteiger partial charge in [0.05, 0.1) is 11.3 Å². The maximum absolute atomic E-state index is 13.0. The van der Waals surface area contributed by atoms with E-state index < -0.39 is 15.8 Å². The number of nitrogens with one attached hydrogen (secondary N) is 2. The van der Waals surface area contributed by atoms with Crippen LogP contribution in [0.2, 0.25) is 0 Å². The first-order valence-electron chi connectivity index (χ1n) is 5.29. The Kier molecular flexibility index (Phi) is 5.22. The Morgan fingerprint density at radius 1 is 1.44 bits per heavy atom. The van der Waals surface area contributed by atoms with Gasteiger partial charge < -0.3 is 5.32 Å². The van der Waals surface area contributed by atoms with Gasteiger partial charge in [0.2, 0.25) is 10.0 Å². The highest BCUT2D eigenvalue weighted by atomic mass is 32.2. The van der Waals surface area contributed by atoms with E-state index in [9.17, 15) is 12.8 Å². The van der Waals surface area contributed by atoms with Gasteiger partial charge in [-0.3, -0.25) is 0 Å². The zero-order valence-electron chi connectivity index (χ0n) is 9.90. The van der Waals surface area contributed by atoms with Crippen molar-refractivity contribution in [2.45, 2.75) is 6.54 Å². The first-order chi connectivity index (χ1) is 8.48. The molecule has 0 bridgehead atoms. The molecular weight excluding hydrogens is 257 g/mol. The van der Waals surface area contributed by atoms with Crippen LogP contribution in [0.15, 0.2) is 18.2 Å². The molecule has 0 amide bonds. The van der Waals surface area contributed by atoms with Gasteiger partial charge >= 0.3 is 0 Å². The van der Waals surface area contributed by atoms with Crippen molar-refractivity contribution in [3.63, 3.8) is 0 Å². The Morgan fingerprint density at radius 3 is 2.78 bits per heavy atom.